The Bertz CT molecular complexity index is 1130. The van der Waals surface area contributed by atoms with Gasteiger partial charge in [0.1, 0.15) is 6.04 Å². The number of ether oxygens (including phenoxy) is 1. The van der Waals surface area contributed by atoms with Crippen molar-refractivity contribution in [1.29, 1.82) is 0 Å². The van der Waals surface area contributed by atoms with Crippen LogP contribution in [0.1, 0.15) is 21.7 Å². The monoisotopic (exact) mass is 453 g/mol. The lowest BCUT2D eigenvalue weighted by Gasteiger charge is -2.20. The van der Waals surface area contributed by atoms with Gasteiger partial charge in [-0.2, -0.15) is 0 Å². The molecule has 9 heteroatoms. The van der Waals surface area contributed by atoms with Gasteiger partial charge in [-0.1, -0.05) is 30.3 Å². The highest BCUT2D eigenvalue weighted by Gasteiger charge is 2.28. The van der Waals surface area contributed by atoms with Crippen molar-refractivity contribution in [2.24, 2.45) is 5.92 Å². The van der Waals surface area contributed by atoms with Crippen molar-refractivity contribution in [3.05, 3.63) is 65.0 Å². The summed E-state index contributed by atoms with van der Waals surface area (Å²) in [5.41, 5.74) is 3.10. The lowest BCUT2D eigenvalue weighted by atomic mass is 10.0. The summed E-state index contributed by atoms with van der Waals surface area (Å²) in [6, 6.07) is 15.7. The topological polar surface area (TPSA) is 117 Å². The Morgan fingerprint density at radius 1 is 1.12 bits per heavy atom. The first-order valence-electron chi connectivity index (χ1n) is 10.2. The highest BCUT2D eigenvalue weighted by Crippen LogP contribution is 2.28. The second-order valence-corrected chi connectivity index (χ2v) is 8.69. The number of nitrogens with one attached hydrogen (secondary N) is 3. The van der Waals surface area contributed by atoms with Gasteiger partial charge in [-0.05, 0) is 41.6 Å². The van der Waals surface area contributed by atoms with Crippen LogP contribution in [-0.4, -0.2) is 42.2 Å². The van der Waals surface area contributed by atoms with Crippen molar-refractivity contribution < 1.29 is 24.3 Å². The lowest BCUT2D eigenvalue weighted by Crippen LogP contribution is -2.47. The molecule has 1 fully saturated rings. The third-order valence-electron chi connectivity index (χ3n) is 5.33. The first kappa shape index (κ1) is 21.9. The number of hydrogen-bond acceptors (Lipinski definition) is 6. The molecule has 166 valence electrons. The van der Waals surface area contributed by atoms with Gasteiger partial charge in [0.25, 0.3) is 5.91 Å². The van der Waals surface area contributed by atoms with Gasteiger partial charge in [-0.25, -0.2) is 5.48 Å². The highest BCUT2D eigenvalue weighted by molar-refractivity contribution is 7.20. The third kappa shape index (κ3) is 5.13. The summed E-state index contributed by atoms with van der Waals surface area (Å²) in [6.45, 7) is 0.911. The van der Waals surface area contributed by atoms with Gasteiger partial charge < -0.3 is 15.4 Å². The van der Waals surface area contributed by atoms with Crippen LogP contribution in [0.3, 0.4) is 0 Å². The maximum absolute atomic E-state index is 13.1. The minimum Gasteiger partial charge on any atom is -0.381 e. The molecule has 2 aromatic carbocycles. The Labute approximate surface area is 188 Å². The summed E-state index contributed by atoms with van der Waals surface area (Å²) in [6.07, 6.45) is 0.998. The van der Waals surface area contributed by atoms with E-state index in [1.807, 2.05) is 30.3 Å². The molecule has 1 aromatic heterocycles. The van der Waals surface area contributed by atoms with Crippen LogP contribution in [0.2, 0.25) is 0 Å². The number of fused-ring (bicyclic) bond motifs is 1. The second kappa shape index (κ2) is 9.90. The van der Waals surface area contributed by atoms with Crippen molar-refractivity contribution >= 4 is 44.8 Å². The number of carbonyl (C=O) groups is 3. The largest absolute Gasteiger partial charge is 0.381 e. The van der Waals surface area contributed by atoms with Gasteiger partial charge in [-0.15, -0.1) is 11.3 Å². The molecule has 0 aliphatic carbocycles. The fraction of sp³-hybridized carbons (Fsp3) is 0.261. The molecular weight excluding hydrogens is 430 g/mol. The molecule has 0 spiro atoms. The van der Waals surface area contributed by atoms with Gasteiger partial charge in [0.2, 0.25) is 11.8 Å². The molecule has 2 atom stereocenters. The van der Waals surface area contributed by atoms with Gasteiger partial charge in [0, 0.05) is 23.4 Å². The fourth-order valence-electron chi connectivity index (χ4n) is 3.61. The van der Waals surface area contributed by atoms with Crippen LogP contribution in [0.5, 0.6) is 0 Å². The van der Waals surface area contributed by atoms with E-state index in [0.29, 0.717) is 36.6 Å². The van der Waals surface area contributed by atoms with Crippen LogP contribution in [-0.2, 0) is 20.7 Å². The van der Waals surface area contributed by atoms with Crippen LogP contribution in [0.15, 0.2) is 54.6 Å². The molecule has 3 aromatic rings. The standard InChI is InChI=1S/C23H23N3O5S/c27-21(15-8-9-31-13-15)25-18(10-14-4-2-1-3-5-14)22(28)24-17-6-7-19-16(11-17)12-20(32-19)23(29)26-30/h1-7,11-12,15,18,30H,8-10,13H2,(H,24,28)(H,25,27)(H,26,29)/t15?,18-/m0/s1. The Kier molecular flexibility index (Phi) is 6.79. The highest BCUT2D eigenvalue weighted by atomic mass is 32.1. The zero-order valence-electron chi connectivity index (χ0n) is 17.2. The maximum Gasteiger partial charge on any atom is 0.284 e. The molecule has 0 bridgehead atoms. The predicted octanol–water partition coefficient (Wildman–Crippen LogP) is 2.72. The van der Waals surface area contributed by atoms with Gasteiger partial charge in [0.15, 0.2) is 0 Å². The predicted molar refractivity (Wildman–Crippen MR) is 121 cm³/mol. The average molecular weight is 454 g/mol. The minimum atomic E-state index is -0.751. The molecule has 3 amide bonds. The Morgan fingerprint density at radius 3 is 2.66 bits per heavy atom. The summed E-state index contributed by atoms with van der Waals surface area (Å²) >= 11 is 1.23. The number of anilines is 1. The lowest BCUT2D eigenvalue weighted by molar-refractivity contribution is -0.129. The number of hydroxylamine groups is 1. The Balaban J connectivity index is 1.51. The van der Waals surface area contributed by atoms with Crippen molar-refractivity contribution in [1.82, 2.24) is 10.8 Å². The van der Waals surface area contributed by atoms with E-state index >= 15 is 0 Å². The van der Waals surface area contributed by atoms with E-state index in [9.17, 15) is 14.4 Å². The van der Waals surface area contributed by atoms with Crippen molar-refractivity contribution in [3.63, 3.8) is 0 Å². The number of rotatable bonds is 7. The molecule has 32 heavy (non-hydrogen) atoms. The Morgan fingerprint density at radius 2 is 1.94 bits per heavy atom. The number of thiophene rings is 1. The zero-order chi connectivity index (χ0) is 22.5. The normalized spacial score (nSPS) is 16.5. The smallest absolute Gasteiger partial charge is 0.284 e. The first-order valence-corrected chi connectivity index (χ1v) is 11.1. The zero-order valence-corrected chi connectivity index (χ0v) is 18.0. The molecule has 1 saturated heterocycles. The molecular formula is C23H23N3O5S. The summed E-state index contributed by atoms with van der Waals surface area (Å²) in [4.78, 5) is 37.8. The first-order chi connectivity index (χ1) is 15.5. The van der Waals surface area contributed by atoms with E-state index in [-0.39, 0.29) is 17.7 Å². The van der Waals surface area contributed by atoms with Crippen LogP contribution in [0, 0.1) is 5.92 Å². The van der Waals surface area contributed by atoms with E-state index in [0.717, 1.165) is 15.6 Å². The quantitative estimate of drug-likeness (QED) is 0.324. The molecule has 0 radical (unpaired) electrons. The van der Waals surface area contributed by atoms with E-state index in [2.05, 4.69) is 10.6 Å². The SMILES string of the molecule is O=C(NO)c1cc2cc(NC(=O)[C@H](Cc3ccccc3)NC(=O)C3CCOC3)ccc2s1. The van der Waals surface area contributed by atoms with Gasteiger partial charge in [0.05, 0.1) is 17.4 Å². The molecule has 2 heterocycles. The van der Waals surface area contributed by atoms with E-state index < -0.39 is 11.9 Å². The minimum absolute atomic E-state index is 0.188. The molecule has 1 aliphatic rings. The van der Waals surface area contributed by atoms with Crippen molar-refractivity contribution in [3.8, 4) is 0 Å². The number of amides is 3. The Hall–Kier alpha value is -3.27. The van der Waals surface area contributed by atoms with Crippen LogP contribution in [0.4, 0.5) is 5.69 Å². The molecule has 4 rings (SSSR count). The van der Waals surface area contributed by atoms with Crippen LogP contribution in [0.25, 0.3) is 10.1 Å². The van der Waals surface area contributed by atoms with E-state index in [1.165, 1.54) is 11.3 Å². The van der Waals surface area contributed by atoms with Gasteiger partial charge in [-0.3, -0.25) is 19.6 Å². The molecule has 1 aliphatic heterocycles. The summed E-state index contributed by atoms with van der Waals surface area (Å²) in [5, 5.41) is 15.3. The number of carbonyl (C=O) groups excluding carboxylic acids is 3. The number of benzene rings is 2. The molecule has 8 nitrogen and oxygen atoms in total. The summed E-state index contributed by atoms with van der Waals surface area (Å²) in [5.74, 6) is -1.35. The average Bonchev–Trinajstić information content (AvgIpc) is 3.48. The number of hydrogen-bond donors (Lipinski definition) is 4. The summed E-state index contributed by atoms with van der Waals surface area (Å²) in [7, 11) is 0. The molecule has 1 unspecified atom stereocenters. The molecule has 4 N–H and O–H groups in total. The summed E-state index contributed by atoms with van der Waals surface area (Å²) < 4.78 is 6.14. The maximum atomic E-state index is 13.1. The van der Waals surface area contributed by atoms with E-state index in [4.69, 9.17) is 9.94 Å². The molecule has 0 saturated carbocycles. The van der Waals surface area contributed by atoms with Gasteiger partial charge >= 0.3 is 0 Å². The van der Waals surface area contributed by atoms with Crippen molar-refractivity contribution in [2.45, 2.75) is 18.9 Å². The van der Waals surface area contributed by atoms with Crippen LogP contribution >= 0.6 is 11.3 Å². The van der Waals surface area contributed by atoms with Crippen molar-refractivity contribution in [2.75, 3.05) is 18.5 Å². The second-order valence-electron chi connectivity index (χ2n) is 7.60. The van der Waals surface area contributed by atoms with Crippen LogP contribution < -0.4 is 16.1 Å². The van der Waals surface area contributed by atoms with E-state index in [1.54, 1.807) is 29.7 Å². The third-order valence-corrected chi connectivity index (χ3v) is 6.44. The fourth-order valence-corrected chi connectivity index (χ4v) is 4.54.